The smallest absolute Gasteiger partial charge is 0.338 e. The Bertz CT molecular complexity index is 396. The van der Waals surface area contributed by atoms with E-state index in [0.717, 1.165) is 12.8 Å². The van der Waals surface area contributed by atoms with E-state index in [0.29, 0.717) is 19.8 Å². The van der Waals surface area contributed by atoms with Gasteiger partial charge >= 0.3 is 5.97 Å². The normalized spacial score (nSPS) is 10.3. The number of hydrogen-bond acceptors (Lipinski definition) is 5. The Morgan fingerprint density at radius 3 is 2.89 bits per heavy atom. The van der Waals surface area contributed by atoms with Gasteiger partial charge in [-0.2, -0.15) is 0 Å². The summed E-state index contributed by atoms with van der Waals surface area (Å²) in [6.07, 6.45) is 3.44. The summed E-state index contributed by atoms with van der Waals surface area (Å²) in [5.41, 5.74) is 5.67. The van der Waals surface area contributed by atoms with Crippen LogP contribution in [-0.2, 0) is 4.74 Å². The molecule has 0 unspecified atom stereocenters. The number of nitrogens with zero attached hydrogens (tertiary/aromatic N) is 1. The van der Waals surface area contributed by atoms with E-state index in [1.165, 1.54) is 12.3 Å². The van der Waals surface area contributed by atoms with Crippen molar-refractivity contribution >= 4 is 11.7 Å². The Labute approximate surface area is 106 Å². The Balaban J connectivity index is 2.43. The van der Waals surface area contributed by atoms with Crippen LogP contribution < -0.4 is 10.5 Å². The zero-order valence-electron chi connectivity index (χ0n) is 10.4. The van der Waals surface area contributed by atoms with Gasteiger partial charge in [-0.3, -0.25) is 0 Å². The molecule has 0 radical (unpaired) electrons. The zero-order valence-corrected chi connectivity index (χ0v) is 10.4. The minimum Gasteiger partial charge on any atom is -0.478 e. The second-order valence-corrected chi connectivity index (χ2v) is 3.70. The summed E-state index contributed by atoms with van der Waals surface area (Å²) in [6, 6.07) is 1.34. The number of hydrogen-bond donors (Lipinski definition) is 2. The second-order valence-electron chi connectivity index (χ2n) is 3.70. The molecule has 0 aromatic carbocycles. The van der Waals surface area contributed by atoms with Crippen LogP contribution in [0.2, 0.25) is 0 Å². The first-order valence-corrected chi connectivity index (χ1v) is 5.85. The quantitative estimate of drug-likeness (QED) is 0.683. The number of nitrogen functional groups attached to an aromatic ring is 1. The summed E-state index contributed by atoms with van der Waals surface area (Å²) >= 11 is 0. The molecule has 0 spiro atoms. The fourth-order valence-electron chi connectivity index (χ4n) is 1.30. The van der Waals surface area contributed by atoms with Crippen LogP contribution in [0.1, 0.15) is 30.1 Å². The van der Waals surface area contributed by atoms with E-state index in [-0.39, 0.29) is 17.1 Å². The first kappa shape index (κ1) is 14.2. The van der Waals surface area contributed by atoms with Crippen LogP contribution in [0.3, 0.4) is 0 Å². The first-order valence-electron chi connectivity index (χ1n) is 5.85. The third-order valence-corrected chi connectivity index (χ3v) is 2.29. The van der Waals surface area contributed by atoms with E-state index < -0.39 is 5.97 Å². The molecule has 0 saturated carbocycles. The lowest BCUT2D eigenvalue weighted by atomic mass is 10.2. The monoisotopic (exact) mass is 254 g/mol. The molecule has 0 aliphatic rings. The molecule has 3 N–H and O–H groups in total. The average Bonchev–Trinajstić information content (AvgIpc) is 2.35. The fourth-order valence-corrected chi connectivity index (χ4v) is 1.30. The van der Waals surface area contributed by atoms with Gasteiger partial charge in [0.05, 0.1) is 12.2 Å². The van der Waals surface area contributed by atoms with E-state index in [4.69, 9.17) is 20.3 Å². The van der Waals surface area contributed by atoms with Gasteiger partial charge in [0.1, 0.15) is 12.3 Å². The molecule has 0 atom stereocenters. The summed E-state index contributed by atoms with van der Waals surface area (Å²) in [6.45, 7) is 3.50. The largest absolute Gasteiger partial charge is 0.478 e. The van der Waals surface area contributed by atoms with Gasteiger partial charge in [0.2, 0.25) is 5.88 Å². The third kappa shape index (κ3) is 4.21. The number of aromatic carboxylic acids is 1. The molecule has 1 rings (SSSR count). The van der Waals surface area contributed by atoms with Crippen molar-refractivity contribution < 1.29 is 19.4 Å². The minimum atomic E-state index is -1.10. The van der Waals surface area contributed by atoms with Gasteiger partial charge in [0.25, 0.3) is 0 Å². The first-order chi connectivity index (χ1) is 8.66. The number of pyridine rings is 1. The lowest BCUT2D eigenvalue weighted by Gasteiger charge is -2.09. The fraction of sp³-hybridized carbons (Fsp3) is 0.500. The highest BCUT2D eigenvalue weighted by atomic mass is 16.5. The number of unbranched alkanes of at least 4 members (excludes halogenated alkanes) is 1. The average molecular weight is 254 g/mol. The summed E-state index contributed by atoms with van der Waals surface area (Å²) in [7, 11) is 0. The van der Waals surface area contributed by atoms with Gasteiger partial charge in [-0.05, 0) is 12.5 Å². The van der Waals surface area contributed by atoms with Crippen molar-refractivity contribution in [2.24, 2.45) is 0 Å². The van der Waals surface area contributed by atoms with Crippen molar-refractivity contribution in [2.45, 2.75) is 19.8 Å². The predicted octanol–water partition coefficient (Wildman–Crippen LogP) is 1.56. The second kappa shape index (κ2) is 7.50. The van der Waals surface area contributed by atoms with Crippen LogP contribution in [0, 0.1) is 0 Å². The molecule has 1 heterocycles. The summed E-state index contributed by atoms with van der Waals surface area (Å²) < 4.78 is 10.6. The van der Waals surface area contributed by atoms with Gasteiger partial charge in [-0.1, -0.05) is 13.3 Å². The van der Waals surface area contributed by atoms with Gasteiger partial charge in [0, 0.05) is 12.8 Å². The number of carbonyl (C=O) groups is 1. The number of carboxylic acids is 1. The highest BCUT2D eigenvalue weighted by molar-refractivity contribution is 5.94. The number of carboxylic acid groups (broad SMARTS) is 1. The summed E-state index contributed by atoms with van der Waals surface area (Å²) in [4.78, 5) is 14.7. The van der Waals surface area contributed by atoms with E-state index in [2.05, 4.69) is 11.9 Å². The molecule has 0 aliphatic heterocycles. The lowest BCUT2D eigenvalue weighted by Crippen LogP contribution is -2.11. The molecule has 1 aromatic heterocycles. The van der Waals surface area contributed by atoms with Crippen LogP contribution in [-0.4, -0.2) is 35.9 Å². The number of anilines is 1. The van der Waals surface area contributed by atoms with Gasteiger partial charge in [-0.15, -0.1) is 0 Å². The number of nitrogens with two attached hydrogens (primary N) is 1. The Morgan fingerprint density at radius 2 is 2.22 bits per heavy atom. The van der Waals surface area contributed by atoms with E-state index in [9.17, 15) is 4.79 Å². The van der Waals surface area contributed by atoms with Crippen molar-refractivity contribution in [1.29, 1.82) is 0 Å². The van der Waals surface area contributed by atoms with Crippen LogP contribution in [0.5, 0.6) is 5.88 Å². The third-order valence-electron chi connectivity index (χ3n) is 2.29. The Morgan fingerprint density at radius 1 is 1.44 bits per heavy atom. The molecular formula is C12H18N2O4. The van der Waals surface area contributed by atoms with Crippen LogP contribution in [0.15, 0.2) is 12.3 Å². The number of ether oxygens (including phenoxy) is 2. The van der Waals surface area contributed by atoms with Gasteiger partial charge in [0.15, 0.2) is 0 Å². The number of rotatable bonds is 8. The Kier molecular flexibility index (Phi) is 5.93. The molecule has 100 valence electrons. The van der Waals surface area contributed by atoms with Crippen LogP contribution in [0.25, 0.3) is 0 Å². The maximum absolute atomic E-state index is 10.8. The molecule has 0 amide bonds. The highest BCUT2D eigenvalue weighted by Crippen LogP contribution is 2.21. The van der Waals surface area contributed by atoms with Gasteiger partial charge in [-0.25, -0.2) is 9.78 Å². The van der Waals surface area contributed by atoms with Crippen molar-refractivity contribution in [2.75, 3.05) is 25.6 Å². The topological polar surface area (TPSA) is 94.7 Å². The van der Waals surface area contributed by atoms with E-state index in [1.807, 2.05) is 0 Å². The van der Waals surface area contributed by atoms with E-state index >= 15 is 0 Å². The molecule has 6 heteroatoms. The van der Waals surface area contributed by atoms with Crippen molar-refractivity contribution in [1.82, 2.24) is 4.98 Å². The molecule has 1 aromatic rings. The van der Waals surface area contributed by atoms with Crippen LogP contribution in [0.4, 0.5) is 5.69 Å². The molecule has 0 bridgehead atoms. The molecule has 0 aliphatic carbocycles. The van der Waals surface area contributed by atoms with Crippen molar-refractivity contribution in [3.8, 4) is 5.88 Å². The van der Waals surface area contributed by atoms with Crippen molar-refractivity contribution in [3.63, 3.8) is 0 Å². The highest BCUT2D eigenvalue weighted by Gasteiger charge is 2.12. The summed E-state index contributed by atoms with van der Waals surface area (Å²) in [5.74, 6) is -0.965. The molecule has 0 saturated heterocycles. The molecule has 6 nitrogen and oxygen atoms in total. The maximum atomic E-state index is 10.8. The SMILES string of the molecule is CCCCOCCOc1nccc(C(=O)O)c1N. The summed E-state index contributed by atoms with van der Waals surface area (Å²) in [5, 5.41) is 8.87. The maximum Gasteiger partial charge on any atom is 0.338 e. The Hall–Kier alpha value is -1.82. The van der Waals surface area contributed by atoms with E-state index in [1.54, 1.807) is 0 Å². The number of aromatic nitrogens is 1. The standard InChI is InChI=1S/C12H18N2O4/c1-2-3-6-17-7-8-18-11-10(13)9(12(15)16)4-5-14-11/h4-5H,2-3,6-8,13H2,1H3,(H,15,16). The lowest BCUT2D eigenvalue weighted by molar-refractivity contribution is 0.0697. The minimum absolute atomic E-state index is 0.00750. The molecule has 18 heavy (non-hydrogen) atoms. The molecule has 0 fully saturated rings. The van der Waals surface area contributed by atoms with Gasteiger partial charge < -0.3 is 20.3 Å². The van der Waals surface area contributed by atoms with Crippen LogP contribution >= 0.6 is 0 Å². The zero-order chi connectivity index (χ0) is 13.4. The van der Waals surface area contributed by atoms with Crippen molar-refractivity contribution in [3.05, 3.63) is 17.8 Å². The molecular weight excluding hydrogens is 236 g/mol. The predicted molar refractivity (Wildman–Crippen MR) is 66.8 cm³/mol.